The van der Waals surface area contributed by atoms with Crippen molar-refractivity contribution in [3.8, 4) is 0 Å². The van der Waals surface area contributed by atoms with Crippen LogP contribution >= 0.6 is 15.9 Å². The number of aromatic amines is 1. The van der Waals surface area contributed by atoms with E-state index < -0.39 is 11.2 Å². The summed E-state index contributed by atoms with van der Waals surface area (Å²) >= 11 is 3.13. The fourth-order valence-electron chi connectivity index (χ4n) is 2.08. The predicted octanol–water partition coefficient (Wildman–Crippen LogP) is 1.90. The van der Waals surface area contributed by atoms with Gasteiger partial charge in [-0.15, -0.1) is 0 Å². The molecule has 1 N–H and O–H groups in total. The summed E-state index contributed by atoms with van der Waals surface area (Å²) in [7, 11) is 0. The molecular formula is C14H10BrN3O2. The molecule has 6 heteroatoms. The molecule has 0 unspecified atom stereocenters. The van der Waals surface area contributed by atoms with Crippen LogP contribution in [0.1, 0.15) is 5.56 Å². The lowest BCUT2D eigenvalue weighted by atomic mass is 10.1. The number of nitrogens with zero attached hydrogens (tertiary/aromatic N) is 2. The minimum absolute atomic E-state index is 0.329. The molecule has 0 aliphatic heterocycles. The summed E-state index contributed by atoms with van der Waals surface area (Å²) in [6, 6.07) is 9.60. The number of pyridine rings is 1. The van der Waals surface area contributed by atoms with Gasteiger partial charge in [0.05, 0.1) is 16.5 Å². The maximum atomic E-state index is 11.8. The van der Waals surface area contributed by atoms with Gasteiger partial charge in [-0.2, -0.15) is 0 Å². The van der Waals surface area contributed by atoms with Crippen LogP contribution in [-0.4, -0.2) is 14.5 Å². The van der Waals surface area contributed by atoms with E-state index in [1.165, 1.54) is 10.8 Å². The molecule has 5 nitrogen and oxygen atoms in total. The summed E-state index contributed by atoms with van der Waals surface area (Å²) in [5, 5.41) is 0.990. The fourth-order valence-corrected chi connectivity index (χ4v) is 2.42. The monoisotopic (exact) mass is 331 g/mol. The summed E-state index contributed by atoms with van der Waals surface area (Å²) in [4.78, 5) is 29.7. The van der Waals surface area contributed by atoms with Crippen molar-refractivity contribution in [2.75, 3.05) is 0 Å². The molecule has 0 bridgehead atoms. The molecule has 0 atom stereocenters. The van der Waals surface area contributed by atoms with E-state index >= 15 is 0 Å². The lowest BCUT2D eigenvalue weighted by molar-refractivity contribution is 0.719. The van der Waals surface area contributed by atoms with Crippen molar-refractivity contribution < 1.29 is 0 Å². The molecule has 0 fully saturated rings. The molecule has 0 aliphatic rings. The average molecular weight is 332 g/mol. The zero-order valence-corrected chi connectivity index (χ0v) is 11.9. The van der Waals surface area contributed by atoms with E-state index in [-0.39, 0.29) is 0 Å². The Kier molecular flexibility index (Phi) is 3.23. The summed E-state index contributed by atoms with van der Waals surface area (Å²) in [5.74, 6) is 0. The third-order valence-electron chi connectivity index (χ3n) is 3.05. The second kappa shape index (κ2) is 5.05. The van der Waals surface area contributed by atoms with Gasteiger partial charge >= 0.3 is 5.69 Å². The van der Waals surface area contributed by atoms with Crippen LogP contribution < -0.4 is 11.2 Å². The van der Waals surface area contributed by atoms with Crippen LogP contribution in [0.25, 0.3) is 10.9 Å². The van der Waals surface area contributed by atoms with Gasteiger partial charge in [-0.05, 0) is 33.6 Å². The second-order valence-corrected chi connectivity index (χ2v) is 5.21. The average Bonchev–Trinajstić information content (AvgIpc) is 2.45. The highest BCUT2D eigenvalue weighted by atomic mass is 79.9. The first-order chi connectivity index (χ1) is 9.65. The number of benzene rings is 1. The maximum absolute atomic E-state index is 11.8. The van der Waals surface area contributed by atoms with Crippen LogP contribution in [0.5, 0.6) is 0 Å². The largest absolute Gasteiger partial charge is 0.328 e. The molecule has 0 amide bonds. The Labute approximate surface area is 122 Å². The van der Waals surface area contributed by atoms with Gasteiger partial charge in [0, 0.05) is 17.8 Å². The minimum atomic E-state index is -0.431. The standard InChI is InChI=1S/C14H10BrN3O2/c15-11-8-18(14(20)17-13(11)19)7-9-5-6-16-12-4-2-1-3-10(9)12/h1-6,8H,7H2,(H,17,19,20). The first-order valence-corrected chi connectivity index (χ1v) is 6.76. The molecular weight excluding hydrogens is 322 g/mol. The topological polar surface area (TPSA) is 67.8 Å². The lowest BCUT2D eigenvalue weighted by Crippen LogP contribution is -2.30. The number of halogens is 1. The number of nitrogens with one attached hydrogen (secondary N) is 1. The van der Waals surface area contributed by atoms with Crippen molar-refractivity contribution in [2.45, 2.75) is 6.54 Å². The minimum Gasteiger partial charge on any atom is -0.295 e. The van der Waals surface area contributed by atoms with Gasteiger partial charge < -0.3 is 0 Å². The van der Waals surface area contributed by atoms with Gasteiger partial charge in [-0.25, -0.2) is 4.79 Å². The third kappa shape index (κ3) is 2.30. The van der Waals surface area contributed by atoms with Gasteiger partial charge in [0.2, 0.25) is 0 Å². The predicted molar refractivity (Wildman–Crippen MR) is 79.9 cm³/mol. The molecule has 0 saturated heterocycles. The number of hydrogen-bond acceptors (Lipinski definition) is 3. The number of fused-ring (bicyclic) bond motifs is 1. The Bertz CT molecular complexity index is 893. The van der Waals surface area contributed by atoms with Crippen molar-refractivity contribution >= 4 is 26.8 Å². The first-order valence-electron chi connectivity index (χ1n) is 5.97. The van der Waals surface area contributed by atoms with Crippen molar-refractivity contribution in [3.63, 3.8) is 0 Å². The summed E-state index contributed by atoms with van der Waals surface area (Å²) < 4.78 is 1.78. The molecule has 0 aliphatic carbocycles. The summed E-state index contributed by atoms with van der Waals surface area (Å²) in [5.41, 5.74) is 0.989. The highest BCUT2D eigenvalue weighted by Crippen LogP contribution is 2.16. The van der Waals surface area contributed by atoms with Gasteiger partial charge in [-0.1, -0.05) is 18.2 Å². The lowest BCUT2D eigenvalue weighted by Gasteiger charge is -2.08. The van der Waals surface area contributed by atoms with Gasteiger partial charge in [0.25, 0.3) is 5.56 Å². The van der Waals surface area contributed by atoms with E-state index in [1.54, 1.807) is 6.20 Å². The number of aromatic nitrogens is 3. The number of H-pyrrole nitrogens is 1. The number of para-hydroxylation sites is 1. The molecule has 20 heavy (non-hydrogen) atoms. The molecule has 100 valence electrons. The summed E-state index contributed by atoms with van der Waals surface area (Å²) in [6.07, 6.45) is 3.21. The van der Waals surface area contributed by atoms with E-state index in [2.05, 4.69) is 25.9 Å². The quantitative estimate of drug-likeness (QED) is 0.779. The van der Waals surface area contributed by atoms with Crippen molar-refractivity contribution in [2.24, 2.45) is 0 Å². The van der Waals surface area contributed by atoms with Crippen LogP contribution in [0.2, 0.25) is 0 Å². The molecule has 0 radical (unpaired) electrons. The zero-order chi connectivity index (χ0) is 14.1. The molecule has 3 aromatic rings. The Morgan fingerprint density at radius 2 is 2.00 bits per heavy atom. The molecule has 1 aromatic carbocycles. The smallest absolute Gasteiger partial charge is 0.295 e. The fraction of sp³-hybridized carbons (Fsp3) is 0.0714. The van der Waals surface area contributed by atoms with Crippen molar-refractivity contribution in [1.82, 2.24) is 14.5 Å². The van der Waals surface area contributed by atoms with Crippen LogP contribution in [0, 0.1) is 0 Å². The SMILES string of the molecule is O=c1[nH]c(=O)n(Cc2ccnc3ccccc23)cc1Br. The van der Waals surface area contributed by atoms with Gasteiger partial charge in [-0.3, -0.25) is 19.3 Å². The Hall–Kier alpha value is -2.21. The molecule has 2 aromatic heterocycles. The second-order valence-electron chi connectivity index (χ2n) is 4.35. The molecule has 3 rings (SSSR count). The molecule has 0 spiro atoms. The summed E-state index contributed by atoms with van der Waals surface area (Å²) in [6.45, 7) is 0.372. The van der Waals surface area contributed by atoms with Crippen LogP contribution in [-0.2, 0) is 6.54 Å². The Morgan fingerprint density at radius 1 is 1.20 bits per heavy atom. The van der Waals surface area contributed by atoms with Gasteiger partial charge in [0.15, 0.2) is 0 Å². The van der Waals surface area contributed by atoms with Crippen LogP contribution in [0.3, 0.4) is 0 Å². The van der Waals surface area contributed by atoms with Crippen LogP contribution in [0.15, 0.2) is 56.8 Å². The third-order valence-corrected chi connectivity index (χ3v) is 3.61. The maximum Gasteiger partial charge on any atom is 0.328 e. The highest BCUT2D eigenvalue weighted by Gasteiger charge is 2.06. The van der Waals surface area contributed by atoms with Crippen LogP contribution in [0.4, 0.5) is 0 Å². The highest BCUT2D eigenvalue weighted by molar-refractivity contribution is 9.10. The normalized spacial score (nSPS) is 10.8. The molecule has 2 heterocycles. The van der Waals surface area contributed by atoms with E-state index in [1.807, 2.05) is 30.3 Å². The zero-order valence-electron chi connectivity index (χ0n) is 10.3. The van der Waals surface area contributed by atoms with Crippen molar-refractivity contribution in [3.05, 3.63) is 73.6 Å². The molecule has 0 saturated carbocycles. The Morgan fingerprint density at radius 3 is 2.85 bits per heavy atom. The van der Waals surface area contributed by atoms with E-state index in [9.17, 15) is 9.59 Å². The van der Waals surface area contributed by atoms with Crippen molar-refractivity contribution in [1.29, 1.82) is 0 Å². The first kappa shape index (κ1) is 12.8. The Balaban J connectivity index is 2.13. The van der Waals surface area contributed by atoms with E-state index in [0.717, 1.165) is 16.5 Å². The van der Waals surface area contributed by atoms with E-state index in [0.29, 0.717) is 11.0 Å². The van der Waals surface area contributed by atoms with E-state index in [4.69, 9.17) is 0 Å². The number of hydrogen-bond donors (Lipinski definition) is 1. The number of rotatable bonds is 2. The van der Waals surface area contributed by atoms with Gasteiger partial charge in [0.1, 0.15) is 0 Å².